The summed E-state index contributed by atoms with van der Waals surface area (Å²) in [6, 6.07) is 5.87. The van der Waals surface area contributed by atoms with Crippen LogP contribution in [0.1, 0.15) is 38.2 Å². The first-order chi connectivity index (χ1) is 9.83. The molecule has 0 aliphatic carbocycles. The predicted octanol–water partition coefficient (Wildman–Crippen LogP) is 4.16. The van der Waals surface area contributed by atoms with Crippen LogP contribution in [0.3, 0.4) is 0 Å². The van der Waals surface area contributed by atoms with Crippen LogP contribution in [0.2, 0.25) is 0 Å². The minimum atomic E-state index is 0.434. The summed E-state index contributed by atoms with van der Waals surface area (Å²) < 4.78 is 17.0. The fourth-order valence-corrected chi connectivity index (χ4v) is 2.55. The summed E-state index contributed by atoms with van der Waals surface area (Å²) in [6.07, 6.45) is 4.90. The number of alkyl halides is 1. The van der Waals surface area contributed by atoms with Crippen molar-refractivity contribution in [1.29, 1.82) is 0 Å². The highest BCUT2D eigenvalue weighted by Gasteiger charge is 2.15. The molecule has 1 aromatic rings. The molecule has 0 N–H and O–H groups in total. The molecule has 1 fully saturated rings. The van der Waals surface area contributed by atoms with Crippen LogP contribution in [0.15, 0.2) is 18.2 Å². The minimum Gasteiger partial charge on any atom is -0.490 e. The van der Waals surface area contributed by atoms with E-state index in [1.54, 1.807) is 0 Å². The molecule has 0 spiro atoms. The van der Waals surface area contributed by atoms with Crippen LogP contribution in [0.25, 0.3) is 0 Å². The third-order valence-corrected chi connectivity index (χ3v) is 3.72. The molecule has 1 aliphatic heterocycles. The second-order valence-corrected chi connectivity index (χ2v) is 5.24. The second kappa shape index (κ2) is 8.38. The standard InChI is InChI=1S/C16H23ClO3/c1-2-18-16-11-13(12-17)7-8-15(16)20-10-4-6-14-5-3-9-19-14/h7-8,11,14H,2-6,9-10,12H2,1H3. The number of rotatable bonds is 8. The molecule has 2 rings (SSSR count). The molecule has 1 aliphatic rings. The summed E-state index contributed by atoms with van der Waals surface area (Å²) in [7, 11) is 0. The maximum atomic E-state index is 5.84. The van der Waals surface area contributed by atoms with Crippen molar-refractivity contribution >= 4 is 11.6 Å². The normalized spacial score (nSPS) is 18.2. The first-order valence-corrected chi connectivity index (χ1v) is 7.93. The Hall–Kier alpha value is -0.930. The van der Waals surface area contributed by atoms with Gasteiger partial charge in [-0.05, 0) is 50.3 Å². The average Bonchev–Trinajstić information content (AvgIpc) is 2.98. The van der Waals surface area contributed by atoms with Crippen molar-refractivity contribution in [2.24, 2.45) is 0 Å². The zero-order valence-electron chi connectivity index (χ0n) is 12.1. The Balaban J connectivity index is 1.81. The SMILES string of the molecule is CCOc1cc(CCl)ccc1OCCCC1CCCO1. The monoisotopic (exact) mass is 298 g/mol. The van der Waals surface area contributed by atoms with Gasteiger partial charge in [0.05, 0.1) is 19.3 Å². The lowest BCUT2D eigenvalue weighted by atomic mass is 10.1. The Labute approximate surface area is 126 Å². The van der Waals surface area contributed by atoms with E-state index in [9.17, 15) is 0 Å². The maximum Gasteiger partial charge on any atom is 0.161 e. The van der Waals surface area contributed by atoms with Crippen LogP contribution in [-0.4, -0.2) is 25.9 Å². The Morgan fingerprint density at radius 2 is 2.20 bits per heavy atom. The zero-order valence-corrected chi connectivity index (χ0v) is 12.8. The average molecular weight is 299 g/mol. The lowest BCUT2D eigenvalue weighted by Gasteiger charge is -2.14. The largest absolute Gasteiger partial charge is 0.490 e. The number of halogens is 1. The van der Waals surface area contributed by atoms with Gasteiger partial charge < -0.3 is 14.2 Å². The predicted molar refractivity (Wildman–Crippen MR) is 80.9 cm³/mol. The molecule has 0 radical (unpaired) electrons. The number of hydrogen-bond donors (Lipinski definition) is 0. The Morgan fingerprint density at radius 1 is 1.30 bits per heavy atom. The van der Waals surface area contributed by atoms with E-state index in [0.717, 1.165) is 36.5 Å². The first kappa shape index (κ1) is 15.5. The molecule has 0 saturated carbocycles. The molecule has 1 atom stereocenters. The van der Waals surface area contributed by atoms with Gasteiger partial charge in [0.2, 0.25) is 0 Å². The van der Waals surface area contributed by atoms with E-state index in [2.05, 4.69) is 0 Å². The quantitative estimate of drug-likeness (QED) is 0.533. The molecule has 20 heavy (non-hydrogen) atoms. The van der Waals surface area contributed by atoms with Crippen LogP contribution in [-0.2, 0) is 10.6 Å². The van der Waals surface area contributed by atoms with Crippen molar-refractivity contribution in [2.75, 3.05) is 19.8 Å². The van der Waals surface area contributed by atoms with Gasteiger partial charge in [0.15, 0.2) is 11.5 Å². The van der Waals surface area contributed by atoms with Gasteiger partial charge in [-0.3, -0.25) is 0 Å². The minimum absolute atomic E-state index is 0.434. The third kappa shape index (κ3) is 4.57. The van der Waals surface area contributed by atoms with Gasteiger partial charge in [-0.1, -0.05) is 6.07 Å². The molecule has 1 aromatic carbocycles. The van der Waals surface area contributed by atoms with E-state index >= 15 is 0 Å². The zero-order chi connectivity index (χ0) is 14.2. The molecular weight excluding hydrogens is 276 g/mol. The Bertz CT molecular complexity index is 403. The van der Waals surface area contributed by atoms with Crippen molar-refractivity contribution in [3.05, 3.63) is 23.8 Å². The smallest absolute Gasteiger partial charge is 0.161 e. The number of benzene rings is 1. The maximum absolute atomic E-state index is 5.84. The Morgan fingerprint density at radius 3 is 2.90 bits per heavy atom. The summed E-state index contributed by atoms with van der Waals surface area (Å²) in [6.45, 7) is 4.20. The number of hydrogen-bond acceptors (Lipinski definition) is 3. The van der Waals surface area contributed by atoms with E-state index < -0.39 is 0 Å². The van der Waals surface area contributed by atoms with Crippen LogP contribution >= 0.6 is 11.6 Å². The van der Waals surface area contributed by atoms with Gasteiger partial charge in [-0.15, -0.1) is 11.6 Å². The van der Waals surface area contributed by atoms with Crippen LogP contribution in [0, 0.1) is 0 Å². The van der Waals surface area contributed by atoms with Crippen molar-refractivity contribution in [3.8, 4) is 11.5 Å². The van der Waals surface area contributed by atoms with Crippen molar-refractivity contribution in [2.45, 2.75) is 44.6 Å². The summed E-state index contributed by atoms with van der Waals surface area (Å²) in [5.74, 6) is 2.06. The summed E-state index contributed by atoms with van der Waals surface area (Å²) >= 11 is 5.84. The first-order valence-electron chi connectivity index (χ1n) is 7.39. The molecule has 3 nitrogen and oxygen atoms in total. The van der Waals surface area contributed by atoms with Crippen LogP contribution in [0.5, 0.6) is 11.5 Å². The lowest BCUT2D eigenvalue weighted by molar-refractivity contribution is 0.0979. The van der Waals surface area contributed by atoms with Gasteiger partial charge in [0, 0.05) is 12.5 Å². The fourth-order valence-electron chi connectivity index (χ4n) is 2.39. The van der Waals surface area contributed by atoms with E-state index in [-0.39, 0.29) is 0 Å². The second-order valence-electron chi connectivity index (χ2n) is 4.97. The molecule has 112 valence electrons. The van der Waals surface area contributed by atoms with Gasteiger partial charge in [-0.25, -0.2) is 0 Å². The molecule has 0 bridgehead atoms. The van der Waals surface area contributed by atoms with Gasteiger partial charge in [-0.2, -0.15) is 0 Å². The molecule has 1 saturated heterocycles. The third-order valence-electron chi connectivity index (χ3n) is 3.41. The molecular formula is C16H23ClO3. The molecule has 1 unspecified atom stereocenters. The van der Waals surface area contributed by atoms with Gasteiger partial charge in [0.25, 0.3) is 0 Å². The highest BCUT2D eigenvalue weighted by Crippen LogP contribution is 2.29. The molecule has 0 aromatic heterocycles. The van der Waals surface area contributed by atoms with Crippen molar-refractivity contribution in [3.63, 3.8) is 0 Å². The fraction of sp³-hybridized carbons (Fsp3) is 0.625. The summed E-state index contributed by atoms with van der Waals surface area (Å²) in [5.41, 5.74) is 1.04. The summed E-state index contributed by atoms with van der Waals surface area (Å²) in [4.78, 5) is 0. The molecule has 4 heteroatoms. The van der Waals surface area contributed by atoms with Crippen molar-refractivity contribution < 1.29 is 14.2 Å². The van der Waals surface area contributed by atoms with Crippen molar-refractivity contribution in [1.82, 2.24) is 0 Å². The topological polar surface area (TPSA) is 27.7 Å². The Kier molecular flexibility index (Phi) is 6.48. The summed E-state index contributed by atoms with van der Waals surface area (Å²) in [5, 5.41) is 0. The molecule has 1 heterocycles. The van der Waals surface area contributed by atoms with Crippen LogP contribution in [0.4, 0.5) is 0 Å². The van der Waals surface area contributed by atoms with E-state index in [0.29, 0.717) is 25.2 Å². The highest BCUT2D eigenvalue weighted by atomic mass is 35.5. The van der Waals surface area contributed by atoms with E-state index in [4.69, 9.17) is 25.8 Å². The lowest BCUT2D eigenvalue weighted by Crippen LogP contribution is -2.08. The van der Waals surface area contributed by atoms with Crippen LogP contribution < -0.4 is 9.47 Å². The molecule has 0 amide bonds. The van der Waals surface area contributed by atoms with E-state index in [1.165, 1.54) is 12.8 Å². The van der Waals surface area contributed by atoms with Gasteiger partial charge >= 0.3 is 0 Å². The van der Waals surface area contributed by atoms with Gasteiger partial charge in [0.1, 0.15) is 0 Å². The van der Waals surface area contributed by atoms with E-state index in [1.807, 2.05) is 25.1 Å². The highest BCUT2D eigenvalue weighted by molar-refractivity contribution is 6.17. The number of ether oxygens (including phenoxy) is 3.